The average molecular weight is 603 g/mol. The first-order valence-electron chi connectivity index (χ1n) is 15.3. The fourth-order valence-electron chi connectivity index (χ4n) is 7.30. The zero-order valence-electron chi connectivity index (χ0n) is 24.3. The number of rotatable bonds is 8. The Morgan fingerprint density at radius 1 is 1.00 bits per heavy atom. The Hall–Kier alpha value is -2.41. The molecule has 2 aromatic carbocycles. The van der Waals surface area contributed by atoms with Crippen molar-refractivity contribution < 1.29 is 14.6 Å². The number of aromatic nitrogens is 1. The van der Waals surface area contributed by atoms with E-state index in [9.17, 15) is 9.90 Å². The summed E-state index contributed by atoms with van der Waals surface area (Å²) < 4.78 is 8.93. The molecule has 1 aromatic heterocycles. The van der Waals surface area contributed by atoms with E-state index in [1.165, 1.54) is 93.3 Å². The number of carbonyl (C=O) groups is 1. The quantitative estimate of drug-likeness (QED) is 0.283. The van der Waals surface area contributed by atoms with Gasteiger partial charge in [0.1, 0.15) is 6.61 Å². The molecule has 1 N–H and O–H groups in total. The Bertz CT molecular complexity index is 1330. The molecule has 3 aliphatic rings. The van der Waals surface area contributed by atoms with Crippen molar-refractivity contribution in [2.45, 2.75) is 77.2 Å². The van der Waals surface area contributed by atoms with Gasteiger partial charge in [-0.05, 0) is 94.4 Å². The number of carboxylic acids is 1. The second kappa shape index (κ2) is 14.2. The minimum atomic E-state index is -0.873. The lowest BCUT2D eigenvalue weighted by Gasteiger charge is -2.30. The molecule has 3 heterocycles. The van der Waals surface area contributed by atoms with Gasteiger partial charge in [0.25, 0.3) is 0 Å². The highest BCUT2D eigenvalue weighted by molar-refractivity contribution is 5.99. The van der Waals surface area contributed by atoms with Gasteiger partial charge in [-0.15, -0.1) is 24.8 Å². The Balaban J connectivity index is 0.00000194. The number of piperidine rings is 1. The molecule has 224 valence electrons. The predicted octanol–water partition coefficient (Wildman–Crippen LogP) is 7.99. The van der Waals surface area contributed by atoms with Crippen LogP contribution in [-0.4, -0.2) is 59.9 Å². The van der Waals surface area contributed by atoms with Crippen molar-refractivity contribution in [3.63, 3.8) is 0 Å². The van der Waals surface area contributed by atoms with E-state index in [1.807, 2.05) is 6.07 Å². The van der Waals surface area contributed by atoms with Crippen molar-refractivity contribution in [3.05, 3.63) is 47.5 Å². The molecule has 3 aromatic rings. The Kier molecular flexibility index (Phi) is 10.9. The minimum absolute atomic E-state index is 0. The largest absolute Gasteiger partial charge is 0.489 e. The Labute approximate surface area is 256 Å². The van der Waals surface area contributed by atoms with E-state index in [0.29, 0.717) is 18.1 Å². The van der Waals surface area contributed by atoms with Crippen molar-refractivity contribution >= 4 is 47.4 Å². The molecular weight excluding hydrogens is 557 g/mol. The summed E-state index contributed by atoms with van der Waals surface area (Å²) in [6, 6.07) is 12.4. The molecule has 0 bridgehead atoms. The van der Waals surface area contributed by atoms with E-state index in [-0.39, 0.29) is 24.8 Å². The van der Waals surface area contributed by atoms with Crippen LogP contribution in [0.5, 0.6) is 5.75 Å². The van der Waals surface area contributed by atoms with Crippen molar-refractivity contribution in [3.8, 4) is 17.0 Å². The second-order valence-corrected chi connectivity index (χ2v) is 11.6. The normalized spacial score (nSPS) is 17.4. The summed E-state index contributed by atoms with van der Waals surface area (Å²) >= 11 is 0. The van der Waals surface area contributed by atoms with E-state index in [2.05, 4.69) is 45.6 Å². The van der Waals surface area contributed by atoms with E-state index in [1.54, 1.807) is 6.07 Å². The highest BCUT2D eigenvalue weighted by atomic mass is 35.5. The summed E-state index contributed by atoms with van der Waals surface area (Å²) in [5.41, 5.74) is 6.38. The fourth-order valence-corrected chi connectivity index (χ4v) is 7.30. The topological polar surface area (TPSA) is 57.9 Å². The van der Waals surface area contributed by atoms with Gasteiger partial charge in [-0.1, -0.05) is 37.8 Å². The number of carboxylic acid groups (broad SMARTS) is 1. The van der Waals surface area contributed by atoms with Crippen LogP contribution in [0.25, 0.3) is 22.2 Å². The highest BCUT2D eigenvalue weighted by Gasteiger charge is 2.31. The monoisotopic (exact) mass is 601 g/mol. The van der Waals surface area contributed by atoms with E-state index < -0.39 is 5.97 Å². The average Bonchev–Trinajstić information content (AvgIpc) is 3.17. The lowest BCUT2D eigenvalue weighted by molar-refractivity contribution is 0.0697. The maximum absolute atomic E-state index is 11.9. The maximum Gasteiger partial charge on any atom is 0.335 e. The number of anilines is 1. The summed E-state index contributed by atoms with van der Waals surface area (Å²) in [6.45, 7) is 9.16. The molecule has 0 radical (unpaired) electrons. The molecule has 0 amide bonds. The van der Waals surface area contributed by atoms with Gasteiger partial charge in [0, 0.05) is 29.6 Å². The number of aromatic carboxylic acids is 1. The summed E-state index contributed by atoms with van der Waals surface area (Å²) in [5, 5.41) is 11.0. The lowest BCUT2D eigenvalue weighted by atomic mass is 9.81. The first-order valence-corrected chi connectivity index (χ1v) is 15.3. The van der Waals surface area contributed by atoms with Gasteiger partial charge in [-0.2, -0.15) is 0 Å². The SMILES string of the molecule is CCN(CCCN1CCCCC1)c1cccc2c1OCCn1c-2c(C2CCCCC2)c2ccc(C(=O)O)cc21.Cl.Cl. The molecule has 1 saturated heterocycles. The number of fused-ring (bicyclic) bond motifs is 5. The molecule has 6 nitrogen and oxygen atoms in total. The zero-order valence-corrected chi connectivity index (χ0v) is 25.9. The minimum Gasteiger partial charge on any atom is -0.489 e. The number of ether oxygens (including phenoxy) is 1. The van der Waals surface area contributed by atoms with Gasteiger partial charge in [0.2, 0.25) is 0 Å². The van der Waals surface area contributed by atoms with Gasteiger partial charge >= 0.3 is 5.97 Å². The van der Waals surface area contributed by atoms with Gasteiger partial charge in [-0.3, -0.25) is 0 Å². The third-order valence-corrected chi connectivity index (χ3v) is 9.25. The molecule has 2 fully saturated rings. The van der Waals surface area contributed by atoms with Gasteiger partial charge in [-0.25, -0.2) is 4.79 Å². The number of benzene rings is 2. The molecule has 41 heavy (non-hydrogen) atoms. The molecule has 6 rings (SSSR count). The molecule has 1 aliphatic carbocycles. The smallest absolute Gasteiger partial charge is 0.335 e. The van der Waals surface area contributed by atoms with E-state index in [4.69, 9.17) is 4.74 Å². The van der Waals surface area contributed by atoms with Crippen LogP contribution in [0.1, 0.15) is 86.6 Å². The standard InChI is InChI=1S/C33H43N3O3.2ClH/c1-2-35(20-10-19-34-17-7-4-8-18-34)28-14-9-13-27-31-30(24-11-5-3-6-12-24)26-16-15-25(33(37)38)23-29(26)36(31)21-22-39-32(27)28;;/h9,13-16,23-24H,2-8,10-12,17-22H2,1H3,(H,37,38);2*1H. The van der Waals surface area contributed by atoms with Crippen molar-refractivity contribution in [1.82, 2.24) is 9.47 Å². The van der Waals surface area contributed by atoms with Crippen LogP contribution in [-0.2, 0) is 6.54 Å². The Morgan fingerprint density at radius 3 is 2.49 bits per heavy atom. The van der Waals surface area contributed by atoms with E-state index >= 15 is 0 Å². The maximum atomic E-state index is 11.9. The molecule has 0 spiro atoms. The van der Waals surface area contributed by atoms with Crippen LogP contribution in [0.4, 0.5) is 5.69 Å². The summed E-state index contributed by atoms with van der Waals surface area (Å²) in [5.74, 6) is 0.617. The van der Waals surface area contributed by atoms with E-state index in [0.717, 1.165) is 42.9 Å². The fraction of sp³-hybridized carbons (Fsp3) is 0.545. The van der Waals surface area contributed by atoms with Crippen LogP contribution < -0.4 is 9.64 Å². The Morgan fingerprint density at radius 2 is 1.76 bits per heavy atom. The molecule has 1 saturated carbocycles. The third kappa shape index (κ3) is 6.35. The van der Waals surface area contributed by atoms with Gasteiger partial charge < -0.3 is 24.2 Å². The number of likely N-dealkylation sites (tertiary alicyclic amines) is 1. The number of halogens is 2. The summed E-state index contributed by atoms with van der Waals surface area (Å²) in [6.07, 6.45) is 11.4. The number of hydrogen-bond acceptors (Lipinski definition) is 4. The predicted molar refractivity (Wildman–Crippen MR) is 173 cm³/mol. The third-order valence-electron chi connectivity index (χ3n) is 9.25. The van der Waals surface area contributed by atoms with Crippen LogP contribution in [0.2, 0.25) is 0 Å². The molecular formula is C33H45Cl2N3O3. The van der Waals surface area contributed by atoms with Gasteiger partial charge in [0.05, 0.1) is 23.5 Å². The first-order chi connectivity index (χ1) is 19.2. The number of nitrogens with zero attached hydrogens (tertiary/aromatic N) is 3. The summed E-state index contributed by atoms with van der Waals surface area (Å²) in [7, 11) is 0. The number of hydrogen-bond donors (Lipinski definition) is 1. The van der Waals surface area contributed by atoms with Gasteiger partial charge in [0.15, 0.2) is 5.75 Å². The molecule has 0 unspecified atom stereocenters. The molecule has 8 heteroatoms. The van der Waals surface area contributed by atoms with Crippen molar-refractivity contribution in [1.29, 1.82) is 0 Å². The molecule has 0 atom stereocenters. The van der Waals surface area contributed by atoms with Crippen molar-refractivity contribution in [2.75, 3.05) is 44.2 Å². The first kappa shape index (κ1) is 31.5. The van der Waals surface area contributed by atoms with Crippen LogP contribution >= 0.6 is 24.8 Å². The number of para-hydroxylation sites is 1. The van der Waals surface area contributed by atoms with Crippen molar-refractivity contribution in [2.24, 2.45) is 0 Å². The molecule has 2 aliphatic heterocycles. The lowest BCUT2D eigenvalue weighted by Crippen LogP contribution is -2.33. The second-order valence-electron chi connectivity index (χ2n) is 11.6. The zero-order chi connectivity index (χ0) is 26.8. The van der Waals surface area contributed by atoms with Crippen LogP contribution in [0.3, 0.4) is 0 Å². The van der Waals surface area contributed by atoms with Crippen LogP contribution in [0, 0.1) is 0 Å². The summed E-state index contributed by atoms with van der Waals surface area (Å²) in [4.78, 5) is 17.0. The van der Waals surface area contributed by atoms with Crippen LogP contribution in [0.15, 0.2) is 36.4 Å². The highest BCUT2D eigenvalue weighted by Crippen LogP contribution is 2.49.